The molecule has 0 aliphatic carbocycles. The summed E-state index contributed by atoms with van der Waals surface area (Å²) >= 11 is 0. The molecule has 1 aromatic heterocycles. The van der Waals surface area contributed by atoms with Crippen molar-refractivity contribution in [3.05, 3.63) is 53.8 Å². The molecule has 2 aromatic rings. The summed E-state index contributed by atoms with van der Waals surface area (Å²) in [7, 11) is 0. The van der Waals surface area contributed by atoms with Crippen molar-refractivity contribution in [3.63, 3.8) is 0 Å². The Hall–Kier alpha value is -2.49. The maximum atomic E-state index is 11.0. The second-order valence-electron chi connectivity index (χ2n) is 4.19. The summed E-state index contributed by atoms with van der Waals surface area (Å²) in [6.07, 6.45) is 2.35. The molecule has 0 atom stereocenters. The molecule has 0 amide bonds. The first-order valence-electron chi connectivity index (χ1n) is 5.81. The van der Waals surface area contributed by atoms with E-state index in [2.05, 4.69) is 6.58 Å². The highest BCUT2D eigenvalue weighted by molar-refractivity contribution is 5.89. The lowest BCUT2D eigenvalue weighted by Gasteiger charge is -2.05. The second-order valence-corrected chi connectivity index (χ2v) is 4.19. The van der Waals surface area contributed by atoms with Crippen LogP contribution in [0.1, 0.15) is 21.7 Å². The number of allylic oxidation sites excluding steroid dienone is 1. The molecule has 0 saturated heterocycles. The lowest BCUT2D eigenvalue weighted by atomic mass is 10.0. The van der Waals surface area contributed by atoms with E-state index in [9.17, 15) is 9.90 Å². The predicted molar refractivity (Wildman–Crippen MR) is 71.4 cm³/mol. The molecule has 0 fully saturated rings. The lowest BCUT2D eigenvalue weighted by molar-refractivity contribution is 0.0662. The Kier molecular flexibility index (Phi) is 3.42. The van der Waals surface area contributed by atoms with Gasteiger partial charge in [0, 0.05) is 11.1 Å². The van der Waals surface area contributed by atoms with Crippen LogP contribution in [0.15, 0.2) is 41.3 Å². The van der Waals surface area contributed by atoms with Gasteiger partial charge in [0.15, 0.2) is 11.5 Å². The molecule has 0 spiro atoms. The number of carbonyl (C=O) groups is 1. The fraction of sp³-hybridized carbons (Fsp3) is 0.133. The van der Waals surface area contributed by atoms with Crippen LogP contribution in [-0.2, 0) is 6.42 Å². The second kappa shape index (κ2) is 5.02. The Labute approximate surface area is 110 Å². The Morgan fingerprint density at radius 3 is 2.68 bits per heavy atom. The van der Waals surface area contributed by atoms with Crippen LogP contribution in [0.25, 0.3) is 11.3 Å². The number of hydrogen-bond donors (Lipinski definition) is 2. The van der Waals surface area contributed by atoms with Gasteiger partial charge in [-0.25, -0.2) is 4.79 Å². The van der Waals surface area contributed by atoms with Gasteiger partial charge in [-0.3, -0.25) is 0 Å². The standard InChI is InChI=1S/C15H14O4/c1-3-6-10-7-4-5-8-11(10)14-12(16)9(2)13(19-14)15(17)18/h3-5,7-8,16H,1,6H2,2H3,(H,17,18). The van der Waals surface area contributed by atoms with Gasteiger partial charge in [0.2, 0.25) is 5.76 Å². The van der Waals surface area contributed by atoms with E-state index >= 15 is 0 Å². The third-order valence-corrected chi connectivity index (χ3v) is 2.94. The predicted octanol–water partition coefficient (Wildman–Crippen LogP) is 3.39. The number of furan rings is 1. The van der Waals surface area contributed by atoms with Crippen molar-refractivity contribution in [1.82, 2.24) is 0 Å². The quantitative estimate of drug-likeness (QED) is 0.825. The maximum absolute atomic E-state index is 11.0. The van der Waals surface area contributed by atoms with Gasteiger partial charge in [0.25, 0.3) is 0 Å². The number of aromatic carboxylic acids is 1. The van der Waals surface area contributed by atoms with Crippen molar-refractivity contribution in [1.29, 1.82) is 0 Å². The molecule has 0 aliphatic heterocycles. The molecule has 0 radical (unpaired) electrons. The molecule has 98 valence electrons. The van der Waals surface area contributed by atoms with Crippen LogP contribution in [0.2, 0.25) is 0 Å². The van der Waals surface area contributed by atoms with Crippen LogP contribution in [0.4, 0.5) is 0 Å². The molecule has 19 heavy (non-hydrogen) atoms. The molecule has 0 bridgehead atoms. The van der Waals surface area contributed by atoms with E-state index in [0.29, 0.717) is 12.0 Å². The number of carboxylic acids is 1. The van der Waals surface area contributed by atoms with E-state index in [1.807, 2.05) is 12.1 Å². The van der Waals surface area contributed by atoms with Crippen LogP contribution in [0, 0.1) is 6.92 Å². The minimum absolute atomic E-state index is 0.131. The van der Waals surface area contributed by atoms with Gasteiger partial charge < -0.3 is 14.6 Å². The normalized spacial score (nSPS) is 10.4. The summed E-state index contributed by atoms with van der Waals surface area (Å²) in [5.41, 5.74) is 1.82. The maximum Gasteiger partial charge on any atom is 0.372 e. The van der Waals surface area contributed by atoms with Gasteiger partial charge in [-0.15, -0.1) is 6.58 Å². The Balaban J connectivity index is 2.62. The number of carboxylic acid groups (broad SMARTS) is 1. The van der Waals surface area contributed by atoms with E-state index in [1.165, 1.54) is 6.92 Å². The molecule has 0 unspecified atom stereocenters. The van der Waals surface area contributed by atoms with Crippen LogP contribution in [0.5, 0.6) is 5.75 Å². The Morgan fingerprint density at radius 2 is 2.11 bits per heavy atom. The molecule has 1 heterocycles. The molecule has 4 heteroatoms. The molecule has 1 aromatic carbocycles. The zero-order valence-electron chi connectivity index (χ0n) is 10.5. The summed E-state index contributed by atoms with van der Waals surface area (Å²) in [6.45, 7) is 5.19. The number of hydrogen-bond acceptors (Lipinski definition) is 3. The smallest absolute Gasteiger partial charge is 0.372 e. The van der Waals surface area contributed by atoms with Gasteiger partial charge >= 0.3 is 5.97 Å². The first kappa shape index (κ1) is 13.0. The van der Waals surface area contributed by atoms with Crippen LogP contribution in [0.3, 0.4) is 0 Å². The van der Waals surface area contributed by atoms with Crippen molar-refractivity contribution < 1.29 is 19.4 Å². The van der Waals surface area contributed by atoms with Gasteiger partial charge in [0.1, 0.15) is 0 Å². The third-order valence-electron chi connectivity index (χ3n) is 2.94. The molecule has 2 rings (SSSR count). The average Bonchev–Trinajstić information content (AvgIpc) is 2.68. The molecular weight excluding hydrogens is 244 g/mol. The Morgan fingerprint density at radius 1 is 1.42 bits per heavy atom. The molecular formula is C15H14O4. The molecule has 0 saturated carbocycles. The topological polar surface area (TPSA) is 70.7 Å². The molecule has 2 N–H and O–H groups in total. The van der Waals surface area contributed by atoms with Gasteiger partial charge in [0.05, 0.1) is 0 Å². The number of aromatic hydroxyl groups is 1. The monoisotopic (exact) mass is 258 g/mol. The fourth-order valence-corrected chi connectivity index (χ4v) is 1.97. The number of rotatable bonds is 4. The van der Waals surface area contributed by atoms with Gasteiger partial charge in [-0.2, -0.15) is 0 Å². The van der Waals surface area contributed by atoms with E-state index < -0.39 is 5.97 Å². The van der Waals surface area contributed by atoms with Gasteiger partial charge in [-0.05, 0) is 18.9 Å². The summed E-state index contributed by atoms with van der Waals surface area (Å²) in [4.78, 5) is 11.0. The van der Waals surface area contributed by atoms with Crippen molar-refractivity contribution in [3.8, 4) is 17.1 Å². The van der Waals surface area contributed by atoms with E-state index in [0.717, 1.165) is 5.56 Å². The summed E-state index contributed by atoms with van der Waals surface area (Å²) in [5.74, 6) is -1.37. The first-order chi connectivity index (χ1) is 9.06. The van der Waals surface area contributed by atoms with Crippen molar-refractivity contribution in [2.45, 2.75) is 13.3 Å². The van der Waals surface area contributed by atoms with Crippen molar-refractivity contribution >= 4 is 5.97 Å². The Bertz CT molecular complexity index is 638. The number of benzene rings is 1. The average molecular weight is 258 g/mol. The highest BCUT2D eigenvalue weighted by Gasteiger charge is 2.23. The summed E-state index contributed by atoms with van der Waals surface area (Å²) < 4.78 is 5.30. The minimum atomic E-state index is -1.19. The molecule has 0 aliphatic rings. The van der Waals surface area contributed by atoms with Crippen molar-refractivity contribution in [2.24, 2.45) is 0 Å². The fourth-order valence-electron chi connectivity index (χ4n) is 1.97. The largest absolute Gasteiger partial charge is 0.504 e. The van der Waals surface area contributed by atoms with E-state index in [1.54, 1.807) is 18.2 Å². The van der Waals surface area contributed by atoms with E-state index in [4.69, 9.17) is 9.52 Å². The minimum Gasteiger partial charge on any atom is -0.504 e. The first-order valence-corrected chi connectivity index (χ1v) is 5.81. The van der Waals surface area contributed by atoms with Crippen LogP contribution in [-0.4, -0.2) is 16.2 Å². The highest BCUT2D eigenvalue weighted by atomic mass is 16.4. The van der Waals surface area contributed by atoms with Crippen molar-refractivity contribution in [2.75, 3.05) is 0 Å². The SMILES string of the molecule is C=CCc1ccccc1-c1oc(C(=O)O)c(C)c1O. The summed E-state index contributed by atoms with van der Waals surface area (Å²) in [5, 5.41) is 19.0. The van der Waals surface area contributed by atoms with Crippen LogP contribution >= 0.6 is 0 Å². The molecule has 4 nitrogen and oxygen atoms in total. The highest BCUT2D eigenvalue weighted by Crippen LogP contribution is 2.38. The lowest BCUT2D eigenvalue weighted by Crippen LogP contribution is -1.95. The van der Waals surface area contributed by atoms with Crippen LogP contribution < -0.4 is 0 Å². The van der Waals surface area contributed by atoms with E-state index in [-0.39, 0.29) is 22.8 Å². The zero-order chi connectivity index (χ0) is 14.0. The van der Waals surface area contributed by atoms with Gasteiger partial charge in [-0.1, -0.05) is 30.3 Å². The zero-order valence-corrected chi connectivity index (χ0v) is 10.5. The summed E-state index contributed by atoms with van der Waals surface area (Å²) in [6, 6.07) is 7.34. The third kappa shape index (κ3) is 2.25.